The zero-order valence-electron chi connectivity index (χ0n) is 11.2. The van der Waals surface area contributed by atoms with Crippen molar-refractivity contribution in [2.24, 2.45) is 7.05 Å². The SMILES string of the molecule is Cc1cc(CN2CCC3(CC2)OCCO3)n(C)n1. The molecular formula is C13H21N3O2. The molecule has 0 atom stereocenters. The van der Waals surface area contributed by atoms with Crippen LogP contribution in [0.25, 0.3) is 0 Å². The van der Waals surface area contributed by atoms with Gasteiger partial charge in [-0.2, -0.15) is 5.10 Å². The fourth-order valence-corrected chi connectivity index (χ4v) is 2.88. The van der Waals surface area contributed by atoms with E-state index in [4.69, 9.17) is 9.47 Å². The van der Waals surface area contributed by atoms with E-state index in [2.05, 4.69) is 16.1 Å². The first-order chi connectivity index (χ1) is 8.67. The second kappa shape index (κ2) is 4.64. The normalized spacial score (nSPS) is 23.9. The zero-order valence-corrected chi connectivity index (χ0v) is 11.2. The Balaban J connectivity index is 1.58. The van der Waals surface area contributed by atoms with Crippen LogP contribution in [0.5, 0.6) is 0 Å². The van der Waals surface area contributed by atoms with Gasteiger partial charge in [0.2, 0.25) is 0 Å². The van der Waals surface area contributed by atoms with E-state index in [0.717, 1.165) is 51.4 Å². The maximum Gasteiger partial charge on any atom is 0.170 e. The van der Waals surface area contributed by atoms with Gasteiger partial charge in [0.05, 0.1) is 24.6 Å². The van der Waals surface area contributed by atoms with Gasteiger partial charge < -0.3 is 9.47 Å². The molecule has 3 heterocycles. The van der Waals surface area contributed by atoms with E-state index in [0.29, 0.717) is 0 Å². The highest BCUT2D eigenvalue weighted by Crippen LogP contribution is 2.31. The van der Waals surface area contributed by atoms with E-state index in [1.807, 2.05) is 18.7 Å². The molecule has 0 amide bonds. The van der Waals surface area contributed by atoms with Crippen molar-refractivity contribution in [1.29, 1.82) is 0 Å². The van der Waals surface area contributed by atoms with E-state index in [-0.39, 0.29) is 5.79 Å². The number of hydrogen-bond donors (Lipinski definition) is 0. The van der Waals surface area contributed by atoms with Gasteiger partial charge in [-0.05, 0) is 13.0 Å². The lowest BCUT2D eigenvalue weighted by molar-refractivity contribution is -0.185. The standard InChI is InChI=1S/C13H21N3O2/c1-11-9-12(15(2)14-11)10-16-5-3-13(4-6-16)17-7-8-18-13/h9H,3-8,10H2,1-2H3. The fraction of sp³-hybridized carbons (Fsp3) is 0.769. The van der Waals surface area contributed by atoms with Crippen LogP contribution in [0.4, 0.5) is 0 Å². The van der Waals surface area contributed by atoms with Crippen molar-refractivity contribution in [3.05, 3.63) is 17.5 Å². The molecule has 0 unspecified atom stereocenters. The zero-order chi connectivity index (χ0) is 12.6. The molecule has 1 spiro atoms. The van der Waals surface area contributed by atoms with Crippen LogP contribution in [0.1, 0.15) is 24.2 Å². The molecule has 2 aliphatic rings. The molecule has 100 valence electrons. The van der Waals surface area contributed by atoms with Gasteiger partial charge in [-0.25, -0.2) is 0 Å². The molecule has 0 aromatic carbocycles. The highest BCUT2D eigenvalue weighted by Gasteiger charge is 2.39. The van der Waals surface area contributed by atoms with Crippen molar-refractivity contribution in [2.75, 3.05) is 26.3 Å². The number of nitrogens with zero attached hydrogens (tertiary/aromatic N) is 3. The summed E-state index contributed by atoms with van der Waals surface area (Å²) in [7, 11) is 2.01. The molecule has 0 bridgehead atoms. The van der Waals surface area contributed by atoms with Crippen molar-refractivity contribution in [3.63, 3.8) is 0 Å². The second-order valence-corrected chi connectivity index (χ2v) is 5.28. The van der Waals surface area contributed by atoms with E-state index in [9.17, 15) is 0 Å². The summed E-state index contributed by atoms with van der Waals surface area (Å²) in [6, 6.07) is 2.16. The van der Waals surface area contributed by atoms with Crippen LogP contribution in [-0.4, -0.2) is 46.8 Å². The summed E-state index contributed by atoms with van der Waals surface area (Å²) in [6.45, 7) is 6.57. The minimum atomic E-state index is -0.265. The van der Waals surface area contributed by atoms with Gasteiger partial charge in [-0.3, -0.25) is 9.58 Å². The Bertz CT molecular complexity index is 414. The van der Waals surface area contributed by atoms with Crippen molar-refractivity contribution >= 4 is 0 Å². The molecule has 1 aromatic rings. The molecule has 1 aromatic heterocycles. The molecule has 0 N–H and O–H groups in total. The molecule has 0 saturated carbocycles. The van der Waals surface area contributed by atoms with Gasteiger partial charge in [0.25, 0.3) is 0 Å². The minimum absolute atomic E-state index is 0.265. The lowest BCUT2D eigenvalue weighted by Crippen LogP contribution is -2.44. The molecule has 2 fully saturated rings. The first kappa shape index (κ1) is 12.1. The highest BCUT2D eigenvalue weighted by atomic mass is 16.7. The van der Waals surface area contributed by atoms with E-state index >= 15 is 0 Å². The summed E-state index contributed by atoms with van der Waals surface area (Å²) in [5.41, 5.74) is 2.36. The summed E-state index contributed by atoms with van der Waals surface area (Å²) in [5, 5.41) is 4.39. The number of aryl methyl sites for hydroxylation is 2. The fourth-order valence-electron chi connectivity index (χ4n) is 2.88. The molecule has 0 aliphatic carbocycles. The molecule has 5 heteroatoms. The molecular weight excluding hydrogens is 230 g/mol. The molecule has 5 nitrogen and oxygen atoms in total. The molecule has 0 radical (unpaired) electrons. The quantitative estimate of drug-likeness (QED) is 0.788. The Labute approximate surface area is 108 Å². The third kappa shape index (κ3) is 2.30. The van der Waals surface area contributed by atoms with Crippen molar-refractivity contribution in [2.45, 2.75) is 32.1 Å². The molecule has 18 heavy (non-hydrogen) atoms. The van der Waals surface area contributed by atoms with Crippen LogP contribution in [0.15, 0.2) is 6.07 Å². The van der Waals surface area contributed by atoms with Crippen LogP contribution >= 0.6 is 0 Å². The number of aromatic nitrogens is 2. The van der Waals surface area contributed by atoms with E-state index in [1.165, 1.54) is 5.69 Å². The Morgan fingerprint density at radius 2 is 1.94 bits per heavy atom. The number of hydrogen-bond acceptors (Lipinski definition) is 4. The summed E-state index contributed by atoms with van der Waals surface area (Å²) < 4.78 is 13.5. The Hall–Kier alpha value is -0.910. The van der Waals surface area contributed by atoms with Gasteiger partial charge in [-0.15, -0.1) is 0 Å². The Kier molecular flexibility index (Phi) is 3.13. The van der Waals surface area contributed by atoms with Crippen LogP contribution < -0.4 is 0 Å². The van der Waals surface area contributed by atoms with E-state index in [1.54, 1.807) is 0 Å². The van der Waals surface area contributed by atoms with Gasteiger partial charge in [0.15, 0.2) is 5.79 Å². The number of piperidine rings is 1. The maximum atomic E-state index is 5.74. The first-order valence-corrected chi connectivity index (χ1v) is 6.67. The third-order valence-corrected chi connectivity index (χ3v) is 3.92. The third-order valence-electron chi connectivity index (χ3n) is 3.92. The predicted molar refractivity (Wildman–Crippen MR) is 67.1 cm³/mol. The van der Waals surface area contributed by atoms with Gasteiger partial charge in [0, 0.05) is 39.5 Å². The molecule has 3 rings (SSSR count). The Morgan fingerprint density at radius 1 is 1.28 bits per heavy atom. The average Bonchev–Trinajstić information content (AvgIpc) is 2.91. The summed E-state index contributed by atoms with van der Waals surface area (Å²) >= 11 is 0. The smallest absolute Gasteiger partial charge is 0.170 e. The number of rotatable bonds is 2. The summed E-state index contributed by atoms with van der Waals surface area (Å²) in [4.78, 5) is 2.45. The van der Waals surface area contributed by atoms with Crippen molar-refractivity contribution in [3.8, 4) is 0 Å². The van der Waals surface area contributed by atoms with Gasteiger partial charge >= 0.3 is 0 Å². The van der Waals surface area contributed by atoms with Crippen LogP contribution in [0, 0.1) is 6.92 Å². The molecule has 2 saturated heterocycles. The lowest BCUT2D eigenvalue weighted by Gasteiger charge is -2.37. The van der Waals surface area contributed by atoms with Crippen LogP contribution in [-0.2, 0) is 23.1 Å². The minimum Gasteiger partial charge on any atom is -0.347 e. The van der Waals surface area contributed by atoms with Crippen molar-refractivity contribution < 1.29 is 9.47 Å². The van der Waals surface area contributed by atoms with Crippen molar-refractivity contribution in [1.82, 2.24) is 14.7 Å². The molecule has 2 aliphatic heterocycles. The Morgan fingerprint density at radius 3 is 2.50 bits per heavy atom. The van der Waals surface area contributed by atoms with Crippen LogP contribution in [0.3, 0.4) is 0 Å². The average molecular weight is 251 g/mol. The van der Waals surface area contributed by atoms with Gasteiger partial charge in [-0.1, -0.05) is 0 Å². The lowest BCUT2D eigenvalue weighted by atomic mass is 10.0. The number of likely N-dealkylation sites (tertiary alicyclic amines) is 1. The number of ether oxygens (including phenoxy) is 2. The van der Waals surface area contributed by atoms with Crippen LogP contribution in [0.2, 0.25) is 0 Å². The van der Waals surface area contributed by atoms with E-state index < -0.39 is 0 Å². The predicted octanol–water partition coefficient (Wildman–Crippen LogP) is 1.07. The first-order valence-electron chi connectivity index (χ1n) is 6.67. The summed E-state index contributed by atoms with van der Waals surface area (Å²) in [5.74, 6) is -0.265. The second-order valence-electron chi connectivity index (χ2n) is 5.28. The highest BCUT2D eigenvalue weighted by molar-refractivity contribution is 5.08. The monoisotopic (exact) mass is 251 g/mol. The van der Waals surface area contributed by atoms with Gasteiger partial charge in [0.1, 0.15) is 0 Å². The topological polar surface area (TPSA) is 39.5 Å². The summed E-state index contributed by atoms with van der Waals surface area (Å²) in [6.07, 6.45) is 1.95. The maximum absolute atomic E-state index is 5.74. The largest absolute Gasteiger partial charge is 0.347 e.